The average Bonchev–Trinajstić information content (AvgIpc) is 2.86. The highest BCUT2D eigenvalue weighted by Gasteiger charge is 2.27. The van der Waals surface area contributed by atoms with E-state index >= 15 is 0 Å². The summed E-state index contributed by atoms with van der Waals surface area (Å²) in [4.78, 5) is 0. The Morgan fingerprint density at radius 2 is 2.17 bits per heavy atom. The van der Waals surface area contributed by atoms with Crippen LogP contribution < -0.4 is 10.1 Å². The zero-order valence-corrected chi connectivity index (χ0v) is 10.8. The highest BCUT2D eigenvalue weighted by atomic mass is 16.5. The lowest BCUT2D eigenvalue weighted by molar-refractivity contribution is 0.101. The number of benzene rings is 1. The fourth-order valence-corrected chi connectivity index (χ4v) is 2.44. The van der Waals surface area contributed by atoms with Gasteiger partial charge in [0, 0.05) is 13.2 Å². The second-order valence-electron chi connectivity index (χ2n) is 4.48. The summed E-state index contributed by atoms with van der Waals surface area (Å²) >= 11 is 0. The molecule has 0 spiro atoms. The standard InChI is InChI=1S/C14H18N2O2/c1-17-11-7-6-10(9-15)13(8-11)16-12-4-3-5-14(12)18-2/h6-8,12,14,16H,3-5H2,1-2H3. The van der Waals surface area contributed by atoms with Gasteiger partial charge in [0.15, 0.2) is 0 Å². The van der Waals surface area contributed by atoms with Crippen molar-refractivity contribution < 1.29 is 9.47 Å². The molecule has 0 amide bonds. The molecule has 0 aliphatic heterocycles. The van der Waals surface area contributed by atoms with Crippen LogP contribution in [0.5, 0.6) is 5.75 Å². The molecule has 1 N–H and O–H groups in total. The van der Waals surface area contributed by atoms with E-state index in [1.807, 2.05) is 6.07 Å². The van der Waals surface area contributed by atoms with Crippen molar-refractivity contribution in [2.24, 2.45) is 0 Å². The van der Waals surface area contributed by atoms with Crippen molar-refractivity contribution in [2.75, 3.05) is 19.5 Å². The summed E-state index contributed by atoms with van der Waals surface area (Å²) in [5, 5.41) is 12.5. The van der Waals surface area contributed by atoms with E-state index in [-0.39, 0.29) is 12.1 Å². The second kappa shape index (κ2) is 5.74. The molecule has 1 aliphatic rings. The maximum Gasteiger partial charge on any atom is 0.121 e. The molecule has 18 heavy (non-hydrogen) atoms. The Balaban J connectivity index is 2.19. The van der Waals surface area contributed by atoms with Gasteiger partial charge in [-0.15, -0.1) is 0 Å². The molecule has 4 nitrogen and oxygen atoms in total. The number of hydrogen-bond donors (Lipinski definition) is 1. The van der Waals surface area contributed by atoms with Crippen molar-refractivity contribution in [3.63, 3.8) is 0 Å². The van der Waals surface area contributed by atoms with E-state index in [2.05, 4.69) is 11.4 Å². The Morgan fingerprint density at radius 3 is 2.83 bits per heavy atom. The zero-order valence-electron chi connectivity index (χ0n) is 10.8. The molecule has 0 radical (unpaired) electrons. The number of hydrogen-bond acceptors (Lipinski definition) is 4. The minimum absolute atomic E-state index is 0.225. The number of rotatable bonds is 4. The number of nitrogens with one attached hydrogen (secondary N) is 1. The van der Waals surface area contributed by atoms with Crippen molar-refractivity contribution in [1.29, 1.82) is 5.26 Å². The van der Waals surface area contributed by atoms with Crippen molar-refractivity contribution >= 4 is 5.69 Å². The van der Waals surface area contributed by atoms with Crippen LogP contribution in [-0.2, 0) is 4.74 Å². The van der Waals surface area contributed by atoms with E-state index in [1.54, 1.807) is 26.4 Å². The summed E-state index contributed by atoms with van der Waals surface area (Å²) in [6, 6.07) is 7.91. The van der Waals surface area contributed by atoms with Crippen molar-refractivity contribution in [1.82, 2.24) is 0 Å². The number of methoxy groups -OCH3 is 2. The summed E-state index contributed by atoms with van der Waals surface area (Å²) in [6.45, 7) is 0. The first-order chi connectivity index (χ1) is 8.78. The average molecular weight is 246 g/mol. The van der Waals surface area contributed by atoms with Crippen LogP contribution in [0.4, 0.5) is 5.69 Å². The lowest BCUT2D eigenvalue weighted by Crippen LogP contribution is -2.30. The molecule has 1 aromatic carbocycles. The van der Waals surface area contributed by atoms with E-state index in [0.717, 1.165) is 30.7 Å². The van der Waals surface area contributed by atoms with Gasteiger partial charge in [-0.1, -0.05) is 0 Å². The van der Waals surface area contributed by atoms with Crippen LogP contribution in [0.1, 0.15) is 24.8 Å². The van der Waals surface area contributed by atoms with Crippen molar-refractivity contribution in [3.8, 4) is 11.8 Å². The van der Waals surface area contributed by atoms with Crippen LogP contribution in [0.2, 0.25) is 0 Å². The van der Waals surface area contributed by atoms with Gasteiger partial charge < -0.3 is 14.8 Å². The Hall–Kier alpha value is -1.73. The first kappa shape index (κ1) is 12.7. The second-order valence-corrected chi connectivity index (χ2v) is 4.48. The molecule has 0 saturated heterocycles. The van der Waals surface area contributed by atoms with Gasteiger partial charge in [0.25, 0.3) is 0 Å². The Morgan fingerprint density at radius 1 is 1.33 bits per heavy atom. The molecule has 2 unspecified atom stereocenters. The maximum absolute atomic E-state index is 9.12. The highest BCUT2D eigenvalue weighted by Crippen LogP contribution is 2.28. The van der Waals surface area contributed by atoms with Gasteiger partial charge in [0.1, 0.15) is 11.8 Å². The van der Waals surface area contributed by atoms with Crippen LogP contribution in [0.3, 0.4) is 0 Å². The van der Waals surface area contributed by atoms with Crippen LogP contribution in [0.15, 0.2) is 18.2 Å². The number of nitrogens with zero attached hydrogens (tertiary/aromatic N) is 1. The molecule has 0 bridgehead atoms. The Kier molecular flexibility index (Phi) is 4.06. The van der Waals surface area contributed by atoms with E-state index in [9.17, 15) is 0 Å². The van der Waals surface area contributed by atoms with Gasteiger partial charge in [0.05, 0.1) is 30.5 Å². The molecule has 2 atom stereocenters. The predicted molar refractivity (Wildman–Crippen MR) is 69.8 cm³/mol. The lowest BCUT2D eigenvalue weighted by Gasteiger charge is -2.21. The maximum atomic E-state index is 9.12. The molecule has 1 saturated carbocycles. The monoisotopic (exact) mass is 246 g/mol. The van der Waals surface area contributed by atoms with Gasteiger partial charge in [0.2, 0.25) is 0 Å². The molecule has 0 aromatic heterocycles. The summed E-state index contributed by atoms with van der Waals surface area (Å²) in [5.41, 5.74) is 1.46. The fourth-order valence-electron chi connectivity index (χ4n) is 2.44. The van der Waals surface area contributed by atoms with E-state index in [0.29, 0.717) is 5.56 Å². The Bertz CT molecular complexity index is 454. The Labute approximate surface area is 108 Å². The quantitative estimate of drug-likeness (QED) is 0.887. The number of nitriles is 1. The topological polar surface area (TPSA) is 54.3 Å². The van der Waals surface area contributed by atoms with E-state index < -0.39 is 0 Å². The van der Waals surface area contributed by atoms with Gasteiger partial charge in [-0.25, -0.2) is 0 Å². The lowest BCUT2D eigenvalue weighted by atomic mass is 10.1. The normalized spacial score (nSPS) is 22.5. The number of anilines is 1. The van der Waals surface area contributed by atoms with Crippen molar-refractivity contribution in [2.45, 2.75) is 31.4 Å². The van der Waals surface area contributed by atoms with Crippen molar-refractivity contribution in [3.05, 3.63) is 23.8 Å². The van der Waals surface area contributed by atoms with Gasteiger partial charge in [-0.05, 0) is 31.4 Å². The first-order valence-corrected chi connectivity index (χ1v) is 6.16. The van der Waals surface area contributed by atoms with E-state index in [4.69, 9.17) is 14.7 Å². The molecule has 1 aromatic rings. The summed E-state index contributed by atoms with van der Waals surface area (Å²) in [7, 11) is 3.36. The van der Waals surface area contributed by atoms with Crippen LogP contribution in [0.25, 0.3) is 0 Å². The summed E-state index contributed by atoms with van der Waals surface area (Å²) in [6.07, 6.45) is 3.52. The van der Waals surface area contributed by atoms with Gasteiger partial charge in [-0.2, -0.15) is 5.26 Å². The van der Waals surface area contributed by atoms with Gasteiger partial charge in [-0.3, -0.25) is 0 Å². The largest absolute Gasteiger partial charge is 0.497 e. The minimum atomic E-state index is 0.225. The zero-order chi connectivity index (χ0) is 13.0. The molecule has 2 rings (SSSR count). The molecule has 0 heterocycles. The van der Waals surface area contributed by atoms with E-state index in [1.165, 1.54) is 0 Å². The third-order valence-corrected chi connectivity index (χ3v) is 3.44. The molecule has 96 valence electrons. The summed E-state index contributed by atoms with van der Waals surface area (Å²) < 4.78 is 10.6. The fraction of sp³-hybridized carbons (Fsp3) is 0.500. The molecular weight excluding hydrogens is 228 g/mol. The van der Waals surface area contributed by atoms with Crippen LogP contribution >= 0.6 is 0 Å². The minimum Gasteiger partial charge on any atom is -0.497 e. The molecule has 1 aliphatic carbocycles. The first-order valence-electron chi connectivity index (χ1n) is 6.16. The molecule has 1 fully saturated rings. The summed E-state index contributed by atoms with van der Waals surface area (Å²) in [5.74, 6) is 0.753. The third kappa shape index (κ3) is 2.57. The smallest absolute Gasteiger partial charge is 0.121 e. The third-order valence-electron chi connectivity index (χ3n) is 3.44. The molecule has 4 heteroatoms. The SMILES string of the molecule is COc1ccc(C#N)c(NC2CCCC2OC)c1. The number of ether oxygens (including phenoxy) is 2. The van der Waals surface area contributed by atoms with Crippen LogP contribution in [0, 0.1) is 11.3 Å². The van der Waals surface area contributed by atoms with Crippen LogP contribution in [-0.4, -0.2) is 26.4 Å². The predicted octanol–water partition coefficient (Wildman–Crippen LogP) is 2.55. The van der Waals surface area contributed by atoms with Gasteiger partial charge >= 0.3 is 0 Å². The highest BCUT2D eigenvalue weighted by molar-refractivity contribution is 5.61. The molecular formula is C14H18N2O2.